The maximum Gasteiger partial charge on any atom is 0.325 e. The number of aliphatic carboxylic acids is 1. The lowest BCUT2D eigenvalue weighted by Crippen LogP contribution is -2.38. The Hall–Kier alpha value is -2.70. The third kappa shape index (κ3) is 4.13. The molecule has 0 aliphatic carbocycles. The lowest BCUT2D eigenvalue weighted by atomic mass is 10.2. The summed E-state index contributed by atoms with van der Waals surface area (Å²) < 4.78 is 5.45. The van der Waals surface area contributed by atoms with Crippen molar-refractivity contribution in [2.75, 3.05) is 0 Å². The number of benzene rings is 1. The van der Waals surface area contributed by atoms with E-state index in [0.29, 0.717) is 11.8 Å². The molecule has 7 heteroatoms. The maximum absolute atomic E-state index is 11.5. The molecule has 1 aromatic heterocycles. The quantitative estimate of drug-likeness (QED) is 0.829. The van der Waals surface area contributed by atoms with Crippen molar-refractivity contribution < 1.29 is 19.1 Å². The molecule has 21 heavy (non-hydrogen) atoms. The minimum atomic E-state index is -1.08. The van der Waals surface area contributed by atoms with Gasteiger partial charge in [-0.3, -0.25) is 9.59 Å². The van der Waals surface area contributed by atoms with Crippen molar-refractivity contribution in [2.45, 2.75) is 25.8 Å². The van der Waals surface area contributed by atoms with E-state index in [4.69, 9.17) is 9.52 Å². The number of carboxylic acid groups (broad SMARTS) is 1. The molecule has 0 aliphatic rings. The van der Waals surface area contributed by atoms with E-state index >= 15 is 0 Å². The Bertz CT molecular complexity index is 624. The molecule has 0 fully saturated rings. The number of nitrogens with zero attached hydrogens (tertiary/aromatic N) is 2. The molecular weight excluding hydrogens is 274 g/mol. The number of nitrogens with one attached hydrogen (secondary N) is 1. The summed E-state index contributed by atoms with van der Waals surface area (Å²) in [4.78, 5) is 22.2. The van der Waals surface area contributed by atoms with E-state index in [1.807, 2.05) is 30.3 Å². The van der Waals surface area contributed by atoms with Gasteiger partial charge in [-0.2, -0.15) is 0 Å². The summed E-state index contributed by atoms with van der Waals surface area (Å²) in [7, 11) is 0. The predicted octanol–water partition coefficient (Wildman–Crippen LogP) is 1.26. The van der Waals surface area contributed by atoms with Gasteiger partial charge in [0.2, 0.25) is 17.7 Å². The second kappa shape index (κ2) is 6.65. The summed E-state index contributed by atoms with van der Waals surface area (Å²) >= 11 is 0. The number of carbonyl (C=O) groups excluding carboxylic acids is 1. The minimum Gasteiger partial charge on any atom is -0.480 e. The Kier molecular flexibility index (Phi) is 4.65. The molecule has 110 valence electrons. The van der Waals surface area contributed by atoms with Crippen LogP contribution in [-0.4, -0.2) is 33.2 Å². The summed E-state index contributed by atoms with van der Waals surface area (Å²) in [6, 6.07) is 8.38. The van der Waals surface area contributed by atoms with Gasteiger partial charge in [-0.15, -0.1) is 10.2 Å². The summed E-state index contributed by atoms with van der Waals surface area (Å²) in [5, 5.41) is 18.8. The number of carboxylic acids is 1. The summed E-state index contributed by atoms with van der Waals surface area (Å²) in [5.41, 5.74) is 0.806. The van der Waals surface area contributed by atoms with Crippen LogP contribution in [0.1, 0.15) is 19.2 Å². The molecule has 1 heterocycles. The lowest BCUT2D eigenvalue weighted by Gasteiger charge is -2.07. The molecule has 0 saturated carbocycles. The van der Waals surface area contributed by atoms with Crippen LogP contribution in [0.5, 0.6) is 0 Å². The molecule has 0 saturated heterocycles. The van der Waals surface area contributed by atoms with Crippen molar-refractivity contribution in [1.82, 2.24) is 15.5 Å². The first-order valence-corrected chi connectivity index (χ1v) is 6.46. The Morgan fingerprint density at radius 3 is 2.67 bits per heavy atom. The highest BCUT2D eigenvalue weighted by molar-refractivity contribution is 5.83. The van der Waals surface area contributed by atoms with Crippen molar-refractivity contribution >= 4 is 11.9 Å². The van der Waals surface area contributed by atoms with E-state index in [2.05, 4.69) is 15.5 Å². The van der Waals surface area contributed by atoms with Gasteiger partial charge in [-0.25, -0.2) is 0 Å². The van der Waals surface area contributed by atoms with Gasteiger partial charge in [0.05, 0.1) is 0 Å². The van der Waals surface area contributed by atoms with Crippen LogP contribution in [0.4, 0.5) is 0 Å². The lowest BCUT2D eigenvalue weighted by molar-refractivity contribution is -0.141. The van der Waals surface area contributed by atoms with E-state index in [9.17, 15) is 9.59 Å². The average molecular weight is 289 g/mol. The van der Waals surface area contributed by atoms with Crippen molar-refractivity contribution in [3.05, 3.63) is 36.2 Å². The van der Waals surface area contributed by atoms with Crippen molar-refractivity contribution in [1.29, 1.82) is 0 Å². The van der Waals surface area contributed by atoms with Crippen LogP contribution in [0.3, 0.4) is 0 Å². The first-order valence-electron chi connectivity index (χ1n) is 6.46. The van der Waals surface area contributed by atoms with Crippen LogP contribution in [-0.2, 0) is 16.0 Å². The molecule has 0 unspecified atom stereocenters. The van der Waals surface area contributed by atoms with E-state index in [0.717, 1.165) is 5.56 Å². The van der Waals surface area contributed by atoms with E-state index in [1.54, 1.807) is 0 Å². The van der Waals surface area contributed by atoms with Crippen LogP contribution in [0.2, 0.25) is 0 Å². The standard InChI is InChI=1S/C14H15N3O4/c1-9(14(19)20)15-11(18)7-8-12-16-17-13(21-12)10-5-3-2-4-6-10/h2-6,9H,7-8H2,1H3,(H,15,18)(H,19,20)/t9-/m1/s1. The van der Waals surface area contributed by atoms with Gasteiger partial charge in [0.1, 0.15) is 6.04 Å². The third-order valence-electron chi connectivity index (χ3n) is 2.80. The number of aryl methyl sites for hydroxylation is 1. The van der Waals surface area contributed by atoms with Crippen LogP contribution in [0, 0.1) is 0 Å². The molecule has 2 rings (SSSR count). The highest BCUT2D eigenvalue weighted by Crippen LogP contribution is 2.17. The zero-order valence-electron chi connectivity index (χ0n) is 11.4. The number of hydrogen-bond donors (Lipinski definition) is 2. The van der Waals surface area contributed by atoms with Crippen LogP contribution in [0.25, 0.3) is 11.5 Å². The Balaban J connectivity index is 1.89. The van der Waals surface area contributed by atoms with E-state index < -0.39 is 12.0 Å². The summed E-state index contributed by atoms with van der Waals surface area (Å²) in [6.45, 7) is 1.40. The van der Waals surface area contributed by atoms with Crippen LogP contribution >= 0.6 is 0 Å². The number of aromatic nitrogens is 2. The third-order valence-corrected chi connectivity index (χ3v) is 2.80. The number of carbonyl (C=O) groups is 2. The Labute approximate surface area is 121 Å². The van der Waals surface area contributed by atoms with E-state index in [1.165, 1.54) is 6.92 Å². The van der Waals surface area contributed by atoms with Gasteiger partial charge in [0, 0.05) is 18.4 Å². The Morgan fingerprint density at radius 2 is 2.00 bits per heavy atom. The van der Waals surface area contributed by atoms with Crippen molar-refractivity contribution in [3.63, 3.8) is 0 Å². The smallest absolute Gasteiger partial charge is 0.325 e. The average Bonchev–Trinajstić information content (AvgIpc) is 2.95. The second-order valence-electron chi connectivity index (χ2n) is 4.49. The fourth-order valence-corrected chi connectivity index (χ4v) is 1.65. The monoisotopic (exact) mass is 289 g/mol. The molecule has 0 radical (unpaired) electrons. The topological polar surface area (TPSA) is 105 Å². The first-order chi connectivity index (χ1) is 10.1. The number of rotatable bonds is 6. The van der Waals surface area contributed by atoms with Gasteiger partial charge in [0.15, 0.2) is 0 Å². The molecule has 2 N–H and O–H groups in total. The molecule has 0 spiro atoms. The molecule has 0 bridgehead atoms. The maximum atomic E-state index is 11.5. The SMILES string of the molecule is C[C@@H](NC(=O)CCc1nnc(-c2ccccc2)o1)C(=O)O. The molecule has 1 atom stereocenters. The number of hydrogen-bond acceptors (Lipinski definition) is 5. The van der Waals surface area contributed by atoms with Gasteiger partial charge >= 0.3 is 5.97 Å². The van der Waals surface area contributed by atoms with Crippen molar-refractivity contribution in [2.24, 2.45) is 0 Å². The first kappa shape index (κ1) is 14.7. The summed E-state index contributed by atoms with van der Waals surface area (Å²) in [5.74, 6) is -0.714. The largest absolute Gasteiger partial charge is 0.480 e. The highest BCUT2D eigenvalue weighted by atomic mass is 16.4. The molecule has 1 amide bonds. The van der Waals surface area contributed by atoms with Gasteiger partial charge in [0.25, 0.3) is 0 Å². The molecule has 1 aromatic carbocycles. The van der Waals surface area contributed by atoms with Gasteiger partial charge in [-0.05, 0) is 19.1 Å². The van der Waals surface area contributed by atoms with Crippen LogP contribution < -0.4 is 5.32 Å². The predicted molar refractivity (Wildman–Crippen MR) is 73.3 cm³/mol. The molecular formula is C14H15N3O4. The number of amides is 1. The fraction of sp³-hybridized carbons (Fsp3) is 0.286. The zero-order chi connectivity index (χ0) is 15.2. The molecule has 0 aliphatic heterocycles. The molecule has 2 aromatic rings. The summed E-state index contributed by atoms with van der Waals surface area (Å²) in [6.07, 6.45) is 0.353. The van der Waals surface area contributed by atoms with E-state index in [-0.39, 0.29) is 18.7 Å². The van der Waals surface area contributed by atoms with Crippen LogP contribution in [0.15, 0.2) is 34.7 Å². The van der Waals surface area contributed by atoms with Crippen molar-refractivity contribution in [3.8, 4) is 11.5 Å². The normalized spacial score (nSPS) is 11.9. The zero-order valence-corrected chi connectivity index (χ0v) is 11.4. The van der Waals surface area contributed by atoms with Gasteiger partial charge in [-0.1, -0.05) is 18.2 Å². The fourth-order valence-electron chi connectivity index (χ4n) is 1.65. The van der Waals surface area contributed by atoms with Gasteiger partial charge < -0.3 is 14.8 Å². The molecule has 7 nitrogen and oxygen atoms in total. The highest BCUT2D eigenvalue weighted by Gasteiger charge is 2.15. The Morgan fingerprint density at radius 1 is 1.29 bits per heavy atom. The second-order valence-corrected chi connectivity index (χ2v) is 4.49. The minimum absolute atomic E-state index is 0.0913.